The zero-order valence-electron chi connectivity index (χ0n) is 14.5. The standard InChI is InChI=1S/C17H26ClN3O3/c1-13(2)11-19-17(23)20-16(22)12-21(3)9-4-10-24-15-7-5-14(18)6-8-15/h5-8,13H,4,9-12H2,1-3H3,(H2,19,20,22,23). The number of halogens is 1. The van der Waals surface area contributed by atoms with Crippen LogP contribution in [0.1, 0.15) is 20.3 Å². The predicted molar refractivity (Wildman–Crippen MR) is 95.4 cm³/mol. The van der Waals surface area contributed by atoms with Crippen LogP contribution in [0.4, 0.5) is 4.79 Å². The quantitative estimate of drug-likeness (QED) is 0.668. The minimum absolute atomic E-state index is 0.163. The molecule has 3 amide bonds. The van der Waals surface area contributed by atoms with E-state index < -0.39 is 6.03 Å². The van der Waals surface area contributed by atoms with Crippen molar-refractivity contribution in [1.82, 2.24) is 15.5 Å². The van der Waals surface area contributed by atoms with Crippen LogP contribution in [0.25, 0.3) is 0 Å². The maximum absolute atomic E-state index is 11.7. The van der Waals surface area contributed by atoms with Crippen LogP contribution in [0.5, 0.6) is 5.75 Å². The number of hydrogen-bond acceptors (Lipinski definition) is 4. The minimum atomic E-state index is -0.451. The van der Waals surface area contributed by atoms with Gasteiger partial charge in [-0.3, -0.25) is 15.0 Å². The summed E-state index contributed by atoms with van der Waals surface area (Å²) in [6.45, 7) is 5.91. The molecule has 0 fully saturated rings. The van der Waals surface area contributed by atoms with Crippen molar-refractivity contribution in [2.45, 2.75) is 20.3 Å². The number of carbonyl (C=O) groups excluding carboxylic acids is 2. The molecular formula is C17H26ClN3O3. The molecule has 0 radical (unpaired) electrons. The van der Waals surface area contributed by atoms with Crippen molar-refractivity contribution >= 4 is 23.5 Å². The third-order valence-corrected chi connectivity index (χ3v) is 3.36. The molecular weight excluding hydrogens is 330 g/mol. The van der Waals surface area contributed by atoms with Gasteiger partial charge in [0.15, 0.2) is 0 Å². The second-order valence-corrected chi connectivity index (χ2v) is 6.48. The number of rotatable bonds is 9. The van der Waals surface area contributed by atoms with Gasteiger partial charge in [0.1, 0.15) is 5.75 Å². The van der Waals surface area contributed by atoms with Crippen molar-refractivity contribution in [1.29, 1.82) is 0 Å². The largest absolute Gasteiger partial charge is 0.494 e. The molecule has 7 heteroatoms. The molecule has 0 aliphatic carbocycles. The number of nitrogens with zero attached hydrogens (tertiary/aromatic N) is 1. The summed E-state index contributed by atoms with van der Waals surface area (Å²) in [5, 5.41) is 5.63. The first-order valence-electron chi connectivity index (χ1n) is 8.01. The Labute approximate surface area is 148 Å². The van der Waals surface area contributed by atoms with Gasteiger partial charge in [0.25, 0.3) is 0 Å². The lowest BCUT2D eigenvalue weighted by Crippen LogP contribution is -2.44. The monoisotopic (exact) mass is 355 g/mol. The van der Waals surface area contributed by atoms with Crippen molar-refractivity contribution in [2.24, 2.45) is 5.92 Å². The van der Waals surface area contributed by atoms with Gasteiger partial charge in [-0.15, -0.1) is 0 Å². The highest BCUT2D eigenvalue weighted by atomic mass is 35.5. The Morgan fingerprint density at radius 2 is 1.92 bits per heavy atom. The molecule has 0 atom stereocenters. The van der Waals surface area contributed by atoms with E-state index in [0.29, 0.717) is 30.6 Å². The van der Waals surface area contributed by atoms with E-state index in [1.165, 1.54) is 0 Å². The summed E-state index contributed by atoms with van der Waals surface area (Å²) in [6.07, 6.45) is 0.770. The Kier molecular flexibility index (Phi) is 9.19. The minimum Gasteiger partial charge on any atom is -0.494 e. The molecule has 0 unspecified atom stereocenters. The second kappa shape index (κ2) is 10.9. The van der Waals surface area contributed by atoms with Gasteiger partial charge in [-0.2, -0.15) is 0 Å². The van der Waals surface area contributed by atoms with Crippen molar-refractivity contribution in [3.05, 3.63) is 29.3 Å². The first-order chi connectivity index (χ1) is 11.4. The molecule has 0 aliphatic rings. The van der Waals surface area contributed by atoms with E-state index in [4.69, 9.17) is 16.3 Å². The average Bonchev–Trinajstić information content (AvgIpc) is 2.51. The lowest BCUT2D eigenvalue weighted by atomic mass is 10.2. The van der Waals surface area contributed by atoms with Crippen LogP contribution >= 0.6 is 11.6 Å². The number of ether oxygens (including phenoxy) is 1. The van der Waals surface area contributed by atoms with Crippen LogP contribution in [0, 0.1) is 5.92 Å². The Balaban J connectivity index is 2.14. The molecule has 0 aromatic heterocycles. The third kappa shape index (κ3) is 9.37. The number of imide groups is 1. The molecule has 1 aromatic carbocycles. The number of urea groups is 1. The molecule has 2 N–H and O–H groups in total. The Morgan fingerprint density at radius 1 is 1.25 bits per heavy atom. The van der Waals surface area contributed by atoms with Crippen molar-refractivity contribution in [3.63, 3.8) is 0 Å². The van der Waals surface area contributed by atoms with Crippen LogP contribution < -0.4 is 15.4 Å². The fourth-order valence-electron chi connectivity index (χ4n) is 1.89. The Bertz CT molecular complexity index is 520. The second-order valence-electron chi connectivity index (χ2n) is 6.05. The van der Waals surface area contributed by atoms with E-state index in [2.05, 4.69) is 10.6 Å². The van der Waals surface area contributed by atoms with Gasteiger partial charge in [0, 0.05) is 18.1 Å². The number of carbonyl (C=O) groups is 2. The predicted octanol–water partition coefficient (Wildman–Crippen LogP) is 2.52. The van der Waals surface area contributed by atoms with E-state index in [9.17, 15) is 9.59 Å². The first-order valence-corrected chi connectivity index (χ1v) is 8.39. The molecule has 6 nitrogen and oxygen atoms in total. The van der Waals surface area contributed by atoms with Crippen LogP contribution in [0.15, 0.2) is 24.3 Å². The van der Waals surface area contributed by atoms with Crippen molar-refractivity contribution in [2.75, 3.05) is 33.3 Å². The van der Waals surface area contributed by atoms with Crippen LogP contribution in [0.2, 0.25) is 5.02 Å². The number of amides is 3. The molecule has 24 heavy (non-hydrogen) atoms. The number of nitrogens with one attached hydrogen (secondary N) is 2. The van der Waals surface area contributed by atoms with Gasteiger partial charge in [0.05, 0.1) is 13.2 Å². The molecule has 0 saturated heterocycles. The lowest BCUT2D eigenvalue weighted by Gasteiger charge is -2.16. The first kappa shape index (κ1) is 20.3. The van der Waals surface area contributed by atoms with E-state index in [1.807, 2.05) is 37.9 Å². The van der Waals surface area contributed by atoms with Gasteiger partial charge in [-0.1, -0.05) is 25.4 Å². The van der Waals surface area contributed by atoms with Gasteiger partial charge in [0.2, 0.25) is 5.91 Å². The highest BCUT2D eigenvalue weighted by Gasteiger charge is 2.10. The summed E-state index contributed by atoms with van der Waals surface area (Å²) in [5.41, 5.74) is 0. The molecule has 0 saturated carbocycles. The lowest BCUT2D eigenvalue weighted by molar-refractivity contribution is -0.120. The highest BCUT2D eigenvalue weighted by Crippen LogP contribution is 2.15. The van der Waals surface area contributed by atoms with E-state index in [0.717, 1.165) is 12.2 Å². The zero-order chi connectivity index (χ0) is 17.9. The zero-order valence-corrected chi connectivity index (χ0v) is 15.2. The van der Waals surface area contributed by atoms with Crippen molar-refractivity contribution in [3.8, 4) is 5.75 Å². The molecule has 1 aromatic rings. The summed E-state index contributed by atoms with van der Waals surface area (Å²) in [6, 6.07) is 6.73. The number of hydrogen-bond donors (Lipinski definition) is 2. The van der Waals surface area contributed by atoms with E-state index >= 15 is 0 Å². The van der Waals surface area contributed by atoms with Gasteiger partial charge in [-0.05, 0) is 43.7 Å². The summed E-state index contributed by atoms with van der Waals surface area (Å²) >= 11 is 5.81. The average molecular weight is 356 g/mol. The Hall–Kier alpha value is -1.79. The number of benzene rings is 1. The summed E-state index contributed by atoms with van der Waals surface area (Å²) in [5.74, 6) is 0.785. The number of likely N-dealkylation sites (N-methyl/N-ethyl adjacent to an activating group) is 1. The molecule has 0 bridgehead atoms. The SMILES string of the molecule is CC(C)CNC(=O)NC(=O)CN(C)CCCOc1ccc(Cl)cc1. The van der Waals surface area contributed by atoms with Gasteiger partial charge >= 0.3 is 6.03 Å². The smallest absolute Gasteiger partial charge is 0.321 e. The van der Waals surface area contributed by atoms with Crippen LogP contribution in [-0.4, -0.2) is 50.1 Å². The maximum Gasteiger partial charge on any atom is 0.321 e. The van der Waals surface area contributed by atoms with Crippen LogP contribution in [0.3, 0.4) is 0 Å². The van der Waals surface area contributed by atoms with Crippen molar-refractivity contribution < 1.29 is 14.3 Å². The van der Waals surface area contributed by atoms with Crippen LogP contribution in [-0.2, 0) is 4.79 Å². The summed E-state index contributed by atoms with van der Waals surface area (Å²) in [4.78, 5) is 25.1. The molecule has 1 rings (SSSR count). The molecule has 0 heterocycles. The van der Waals surface area contributed by atoms with Gasteiger partial charge in [-0.25, -0.2) is 4.79 Å². The van der Waals surface area contributed by atoms with Gasteiger partial charge < -0.3 is 10.1 Å². The Morgan fingerprint density at radius 3 is 2.54 bits per heavy atom. The molecule has 0 aliphatic heterocycles. The summed E-state index contributed by atoms with van der Waals surface area (Å²) < 4.78 is 5.59. The summed E-state index contributed by atoms with van der Waals surface area (Å²) in [7, 11) is 1.83. The third-order valence-electron chi connectivity index (χ3n) is 3.10. The molecule has 0 spiro atoms. The maximum atomic E-state index is 11.7. The highest BCUT2D eigenvalue weighted by molar-refractivity contribution is 6.30. The normalized spacial score (nSPS) is 10.8. The fourth-order valence-corrected chi connectivity index (χ4v) is 2.01. The topological polar surface area (TPSA) is 70.7 Å². The molecule has 134 valence electrons. The fraction of sp³-hybridized carbons (Fsp3) is 0.529. The van der Waals surface area contributed by atoms with E-state index in [1.54, 1.807) is 12.1 Å². The van der Waals surface area contributed by atoms with E-state index in [-0.39, 0.29) is 12.5 Å².